The lowest BCUT2D eigenvalue weighted by Crippen LogP contribution is -2.39. The molecule has 0 radical (unpaired) electrons. The molecule has 2 aromatic rings. The summed E-state index contributed by atoms with van der Waals surface area (Å²) in [6.07, 6.45) is 4.03. The number of hydrogen-bond acceptors (Lipinski definition) is 4. The number of rotatable bonds is 7. The van der Waals surface area contributed by atoms with E-state index in [1.807, 2.05) is 24.3 Å². The molecule has 0 heterocycles. The summed E-state index contributed by atoms with van der Waals surface area (Å²) in [6, 6.07) is 14.0. The molecule has 0 atom stereocenters. The molecule has 3 rings (SSSR count). The third-order valence-corrected chi connectivity index (χ3v) is 6.81. The molecule has 1 N–H and O–H groups in total. The van der Waals surface area contributed by atoms with Gasteiger partial charge in [-0.1, -0.05) is 37.1 Å². The number of methoxy groups -OCH3 is 1. The summed E-state index contributed by atoms with van der Waals surface area (Å²) in [4.78, 5) is 11.7. The van der Waals surface area contributed by atoms with Crippen LogP contribution in [0.15, 0.2) is 53.4 Å². The van der Waals surface area contributed by atoms with E-state index >= 15 is 0 Å². The molecule has 1 aliphatic rings. The molecular weight excluding hydrogens is 362 g/mol. The Bertz CT molecular complexity index is 913. The second kappa shape index (κ2) is 7.82. The predicted molar refractivity (Wildman–Crippen MR) is 105 cm³/mol. The van der Waals surface area contributed by atoms with Gasteiger partial charge in [0.1, 0.15) is 5.75 Å². The molecule has 0 spiro atoms. The number of nitrogens with one attached hydrogen (secondary N) is 1. The van der Waals surface area contributed by atoms with Crippen molar-refractivity contribution >= 4 is 15.8 Å². The summed E-state index contributed by atoms with van der Waals surface area (Å²) in [6.45, 7) is 1.77. The van der Waals surface area contributed by atoms with Crippen LogP contribution in [0.1, 0.15) is 48.5 Å². The largest absolute Gasteiger partial charge is 0.497 e. The van der Waals surface area contributed by atoms with Crippen LogP contribution in [0.25, 0.3) is 0 Å². The highest BCUT2D eigenvalue weighted by atomic mass is 32.2. The number of carbonyl (C=O) groups excluding carboxylic acids is 1. The predicted octanol–water partition coefficient (Wildman–Crippen LogP) is 3.69. The number of ether oxygens (including phenoxy) is 1. The highest BCUT2D eigenvalue weighted by Gasteiger charge is 2.36. The lowest BCUT2D eigenvalue weighted by molar-refractivity contribution is 0.101. The van der Waals surface area contributed by atoms with Gasteiger partial charge < -0.3 is 4.74 Å². The van der Waals surface area contributed by atoms with E-state index < -0.39 is 10.0 Å². The van der Waals surface area contributed by atoms with Gasteiger partial charge in [-0.25, -0.2) is 13.1 Å². The molecule has 144 valence electrons. The fourth-order valence-corrected chi connectivity index (χ4v) is 4.94. The zero-order chi connectivity index (χ0) is 19.5. The average Bonchev–Trinajstić information content (AvgIpc) is 3.17. The van der Waals surface area contributed by atoms with Crippen LogP contribution < -0.4 is 9.46 Å². The van der Waals surface area contributed by atoms with Crippen molar-refractivity contribution in [2.24, 2.45) is 0 Å². The van der Waals surface area contributed by atoms with E-state index in [-0.39, 0.29) is 16.1 Å². The molecular formula is C21H25NO4S. The first-order chi connectivity index (χ1) is 12.9. The number of ketones is 1. The van der Waals surface area contributed by atoms with Gasteiger partial charge in [0.2, 0.25) is 10.0 Å². The van der Waals surface area contributed by atoms with Gasteiger partial charge in [-0.05, 0) is 49.6 Å². The van der Waals surface area contributed by atoms with Crippen molar-refractivity contribution in [2.45, 2.75) is 42.9 Å². The number of carbonyl (C=O) groups is 1. The van der Waals surface area contributed by atoms with Crippen LogP contribution in [0.3, 0.4) is 0 Å². The molecule has 1 saturated carbocycles. The minimum Gasteiger partial charge on any atom is -0.497 e. The maximum atomic E-state index is 12.8. The van der Waals surface area contributed by atoms with E-state index in [1.165, 1.54) is 19.1 Å². The fraction of sp³-hybridized carbons (Fsp3) is 0.381. The number of sulfonamides is 1. The van der Waals surface area contributed by atoms with E-state index in [1.54, 1.807) is 19.2 Å². The van der Waals surface area contributed by atoms with Crippen LogP contribution in [-0.2, 0) is 15.4 Å². The Labute approximate surface area is 160 Å². The van der Waals surface area contributed by atoms with Gasteiger partial charge in [0.25, 0.3) is 0 Å². The summed E-state index contributed by atoms with van der Waals surface area (Å²) >= 11 is 0. The summed E-state index contributed by atoms with van der Waals surface area (Å²) < 4.78 is 33.6. The molecule has 1 fully saturated rings. The standard InChI is InChI=1S/C21H25NO4S/c1-16(23)17-6-5-7-20(14-17)27(24,25)22-15-21(12-3-4-13-21)18-8-10-19(26-2)11-9-18/h5-11,14,22H,3-4,12-13,15H2,1-2H3. The van der Waals surface area contributed by atoms with Crippen LogP contribution in [0.5, 0.6) is 5.75 Å². The Morgan fingerprint density at radius 3 is 2.37 bits per heavy atom. The van der Waals surface area contributed by atoms with Gasteiger partial charge in [0.15, 0.2) is 5.78 Å². The second-order valence-corrected chi connectivity index (χ2v) is 8.89. The van der Waals surface area contributed by atoms with Crippen molar-refractivity contribution in [3.63, 3.8) is 0 Å². The molecule has 27 heavy (non-hydrogen) atoms. The Morgan fingerprint density at radius 1 is 1.11 bits per heavy atom. The zero-order valence-corrected chi connectivity index (χ0v) is 16.5. The highest BCUT2D eigenvalue weighted by molar-refractivity contribution is 7.89. The van der Waals surface area contributed by atoms with Crippen molar-refractivity contribution in [1.82, 2.24) is 4.72 Å². The molecule has 1 aliphatic carbocycles. The van der Waals surface area contributed by atoms with Crippen LogP contribution in [0.2, 0.25) is 0 Å². The molecule has 0 aliphatic heterocycles. The zero-order valence-electron chi connectivity index (χ0n) is 15.7. The van der Waals surface area contributed by atoms with E-state index in [9.17, 15) is 13.2 Å². The minimum absolute atomic E-state index is 0.123. The first-order valence-electron chi connectivity index (χ1n) is 9.12. The first-order valence-corrected chi connectivity index (χ1v) is 10.6. The van der Waals surface area contributed by atoms with Gasteiger partial charge in [-0.15, -0.1) is 0 Å². The van der Waals surface area contributed by atoms with Crippen LogP contribution in [0, 0.1) is 0 Å². The van der Waals surface area contributed by atoms with E-state index in [0.717, 1.165) is 37.0 Å². The van der Waals surface area contributed by atoms with E-state index in [2.05, 4.69) is 4.72 Å². The van der Waals surface area contributed by atoms with Gasteiger partial charge in [-0.2, -0.15) is 0 Å². The Morgan fingerprint density at radius 2 is 1.78 bits per heavy atom. The Hall–Kier alpha value is -2.18. The molecule has 0 saturated heterocycles. The van der Waals surface area contributed by atoms with Gasteiger partial charge in [0.05, 0.1) is 12.0 Å². The second-order valence-electron chi connectivity index (χ2n) is 7.12. The maximum Gasteiger partial charge on any atom is 0.240 e. The average molecular weight is 388 g/mol. The third kappa shape index (κ3) is 4.22. The summed E-state index contributed by atoms with van der Waals surface area (Å²) in [5.74, 6) is 0.631. The van der Waals surface area contributed by atoms with Crippen molar-refractivity contribution < 1.29 is 17.9 Å². The molecule has 0 amide bonds. The number of Topliss-reactive ketones (excluding diaryl/α,β-unsaturated/α-hetero) is 1. The number of benzene rings is 2. The van der Waals surface area contributed by atoms with Gasteiger partial charge in [0, 0.05) is 17.5 Å². The fourth-order valence-electron chi connectivity index (χ4n) is 3.76. The SMILES string of the molecule is COc1ccc(C2(CNS(=O)(=O)c3cccc(C(C)=O)c3)CCCC2)cc1. The monoisotopic (exact) mass is 387 g/mol. The normalized spacial score (nSPS) is 16.2. The Kier molecular flexibility index (Phi) is 5.67. The van der Waals surface area contributed by atoms with Crippen molar-refractivity contribution in [2.75, 3.05) is 13.7 Å². The van der Waals surface area contributed by atoms with Gasteiger partial charge >= 0.3 is 0 Å². The van der Waals surface area contributed by atoms with Crippen molar-refractivity contribution in [1.29, 1.82) is 0 Å². The topological polar surface area (TPSA) is 72.5 Å². The molecule has 0 unspecified atom stereocenters. The van der Waals surface area contributed by atoms with Gasteiger partial charge in [-0.3, -0.25) is 4.79 Å². The molecule has 6 heteroatoms. The molecule has 5 nitrogen and oxygen atoms in total. The van der Waals surface area contributed by atoms with Crippen molar-refractivity contribution in [3.8, 4) is 5.75 Å². The smallest absolute Gasteiger partial charge is 0.240 e. The summed E-state index contributed by atoms with van der Waals surface area (Å²) in [7, 11) is -2.06. The molecule has 0 aromatic heterocycles. The first kappa shape index (κ1) is 19.6. The maximum absolute atomic E-state index is 12.8. The molecule has 2 aromatic carbocycles. The van der Waals surface area contributed by atoms with Crippen LogP contribution in [0.4, 0.5) is 0 Å². The van der Waals surface area contributed by atoms with E-state index in [0.29, 0.717) is 12.1 Å². The summed E-state index contributed by atoms with van der Waals surface area (Å²) in [5.41, 5.74) is 1.31. The van der Waals surface area contributed by atoms with Crippen molar-refractivity contribution in [3.05, 3.63) is 59.7 Å². The highest BCUT2D eigenvalue weighted by Crippen LogP contribution is 2.41. The lowest BCUT2D eigenvalue weighted by atomic mass is 9.79. The number of hydrogen-bond donors (Lipinski definition) is 1. The third-order valence-electron chi connectivity index (χ3n) is 5.41. The van der Waals surface area contributed by atoms with Crippen LogP contribution in [-0.4, -0.2) is 27.9 Å². The Balaban J connectivity index is 1.83. The quantitative estimate of drug-likeness (QED) is 0.736. The minimum atomic E-state index is -3.69. The molecule has 0 bridgehead atoms. The lowest BCUT2D eigenvalue weighted by Gasteiger charge is -2.30. The van der Waals surface area contributed by atoms with Crippen LogP contribution >= 0.6 is 0 Å². The summed E-state index contributed by atoms with van der Waals surface area (Å²) in [5, 5.41) is 0. The van der Waals surface area contributed by atoms with E-state index in [4.69, 9.17) is 4.74 Å².